The summed E-state index contributed by atoms with van der Waals surface area (Å²) in [5.41, 5.74) is 3.49. The van der Waals surface area contributed by atoms with Gasteiger partial charge in [0.15, 0.2) is 0 Å². The quantitative estimate of drug-likeness (QED) is 0.183. The number of anilines is 1. The summed E-state index contributed by atoms with van der Waals surface area (Å²) in [5.74, 6) is 1.64. The van der Waals surface area contributed by atoms with Crippen molar-refractivity contribution in [1.29, 1.82) is 0 Å². The molecule has 4 aliphatic rings. The van der Waals surface area contributed by atoms with Crippen molar-refractivity contribution in [2.75, 3.05) is 23.7 Å². The summed E-state index contributed by atoms with van der Waals surface area (Å²) in [6.45, 7) is 2.16. The first-order valence-corrected chi connectivity index (χ1v) is 19.7. The minimum atomic E-state index is -3.85. The third kappa shape index (κ3) is 7.76. The van der Waals surface area contributed by atoms with Crippen LogP contribution in [0, 0.1) is 17.8 Å². The molecular formula is C39H48ClN3O4S. The summed E-state index contributed by atoms with van der Waals surface area (Å²) >= 11 is 6.58. The summed E-state index contributed by atoms with van der Waals surface area (Å²) in [7, 11) is -3.85. The molecule has 1 N–H and O–H groups in total. The van der Waals surface area contributed by atoms with Gasteiger partial charge in [-0.15, -0.1) is 0 Å². The molecule has 7 nitrogen and oxygen atoms in total. The molecule has 0 spiro atoms. The maximum atomic E-state index is 14.4. The van der Waals surface area contributed by atoms with Gasteiger partial charge in [-0.3, -0.25) is 13.9 Å². The van der Waals surface area contributed by atoms with E-state index in [0.717, 1.165) is 42.4 Å². The van der Waals surface area contributed by atoms with Crippen molar-refractivity contribution in [2.45, 2.75) is 82.7 Å². The predicted octanol–water partition coefficient (Wildman–Crippen LogP) is 7.13. The molecule has 4 aliphatic carbocycles. The van der Waals surface area contributed by atoms with E-state index in [1.54, 1.807) is 6.07 Å². The summed E-state index contributed by atoms with van der Waals surface area (Å²) in [6.07, 6.45) is 10.8. The molecule has 48 heavy (non-hydrogen) atoms. The van der Waals surface area contributed by atoms with E-state index in [-0.39, 0.29) is 24.3 Å². The van der Waals surface area contributed by atoms with Crippen LogP contribution in [0.5, 0.6) is 0 Å². The molecule has 0 radical (unpaired) electrons. The average molecular weight is 690 g/mol. The predicted molar refractivity (Wildman–Crippen MR) is 192 cm³/mol. The fourth-order valence-corrected chi connectivity index (χ4v) is 9.97. The fourth-order valence-electron chi connectivity index (χ4n) is 8.93. The molecule has 0 unspecified atom stereocenters. The number of rotatable bonds is 14. The molecule has 2 amide bonds. The van der Waals surface area contributed by atoms with Crippen molar-refractivity contribution in [3.8, 4) is 0 Å². The van der Waals surface area contributed by atoms with Gasteiger partial charge >= 0.3 is 0 Å². The number of sulfonamides is 1. The molecule has 4 saturated carbocycles. The molecule has 0 heterocycles. The van der Waals surface area contributed by atoms with E-state index in [1.807, 2.05) is 60.7 Å². The largest absolute Gasteiger partial charge is 0.354 e. The number of hydrogen-bond donors (Lipinski definition) is 1. The summed E-state index contributed by atoms with van der Waals surface area (Å²) in [5, 5.41) is 3.49. The second-order valence-electron chi connectivity index (χ2n) is 14.5. The molecule has 0 aromatic heterocycles. The highest BCUT2D eigenvalue weighted by molar-refractivity contribution is 7.92. The van der Waals surface area contributed by atoms with Crippen molar-refractivity contribution >= 4 is 39.1 Å². The first-order chi connectivity index (χ1) is 23.0. The Morgan fingerprint density at radius 1 is 0.896 bits per heavy atom. The minimum absolute atomic E-state index is 0.0553. The van der Waals surface area contributed by atoms with E-state index < -0.39 is 28.5 Å². The first-order valence-electron chi connectivity index (χ1n) is 17.5. The Morgan fingerprint density at radius 2 is 1.50 bits per heavy atom. The maximum Gasteiger partial charge on any atom is 0.244 e. The number of carbonyl (C=O) groups is 2. The normalized spacial score (nSPS) is 23.4. The summed E-state index contributed by atoms with van der Waals surface area (Å²) in [6, 6.07) is 23.8. The van der Waals surface area contributed by atoms with Gasteiger partial charge in [0, 0.05) is 24.5 Å². The van der Waals surface area contributed by atoms with Crippen molar-refractivity contribution in [3.63, 3.8) is 0 Å². The third-order valence-corrected chi connectivity index (χ3v) is 12.4. The Morgan fingerprint density at radius 3 is 2.08 bits per heavy atom. The van der Waals surface area contributed by atoms with Crippen LogP contribution in [0.3, 0.4) is 0 Å². The van der Waals surface area contributed by atoms with Gasteiger partial charge in [0.05, 0.1) is 11.9 Å². The third-order valence-electron chi connectivity index (χ3n) is 10.9. The topological polar surface area (TPSA) is 86.8 Å². The van der Waals surface area contributed by atoms with E-state index >= 15 is 0 Å². The average Bonchev–Trinajstić information content (AvgIpc) is 3.05. The van der Waals surface area contributed by atoms with Crippen LogP contribution < -0.4 is 9.62 Å². The fraction of sp³-hybridized carbons (Fsp3) is 0.487. The van der Waals surface area contributed by atoms with Gasteiger partial charge in [0.25, 0.3) is 0 Å². The number of carbonyl (C=O) groups excluding carboxylic acids is 2. The lowest BCUT2D eigenvalue weighted by atomic mass is 9.48. The monoisotopic (exact) mass is 689 g/mol. The highest BCUT2D eigenvalue weighted by Gasteiger charge is 2.51. The molecule has 9 heteroatoms. The highest BCUT2D eigenvalue weighted by Crippen LogP contribution is 2.60. The number of nitrogens with zero attached hydrogens (tertiary/aromatic N) is 2. The second-order valence-corrected chi connectivity index (χ2v) is 16.8. The Hall–Kier alpha value is -3.36. The van der Waals surface area contributed by atoms with Crippen LogP contribution in [0.1, 0.15) is 75.0 Å². The molecule has 4 bridgehead atoms. The Balaban J connectivity index is 1.30. The molecule has 3 aromatic carbocycles. The van der Waals surface area contributed by atoms with Gasteiger partial charge in [-0.05, 0) is 103 Å². The molecular weight excluding hydrogens is 642 g/mol. The van der Waals surface area contributed by atoms with Gasteiger partial charge in [-0.1, -0.05) is 85.6 Å². The lowest BCUT2D eigenvalue weighted by Crippen LogP contribution is -2.53. The van der Waals surface area contributed by atoms with Crippen LogP contribution in [-0.2, 0) is 38.0 Å². The van der Waals surface area contributed by atoms with Crippen molar-refractivity contribution in [2.24, 2.45) is 17.8 Å². The van der Waals surface area contributed by atoms with Crippen molar-refractivity contribution in [3.05, 3.63) is 101 Å². The zero-order valence-corrected chi connectivity index (χ0v) is 29.7. The van der Waals surface area contributed by atoms with E-state index in [4.69, 9.17) is 11.6 Å². The van der Waals surface area contributed by atoms with Crippen molar-refractivity contribution < 1.29 is 18.0 Å². The van der Waals surface area contributed by atoms with Crippen LogP contribution in [0.25, 0.3) is 0 Å². The Bertz CT molecular complexity index is 1660. The van der Waals surface area contributed by atoms with Crippen LogP contribution in [0.4, 0.5) is 5.69 Å². The number of unbranched alkanes of at least 4 members (excludes halogenated alkanes) is 1. The molecule has 1 atom stereocenters. The van der Waals surface area contributed by atoms with Crippen LogP contribution in [0.15, 0.2) is 78.9 Å². The lowest BCUT2D eigenvalue weighted by molar-refractivity contribution is -0.140. The standard InChI is InChI=1S/C39H48ClN3O4S/c1-3-4-18-41-38(45)36(22-28-10-6-5-7-11-28)42(26-32-12-8-9-13-35(32)40)37(44)27-43(48(2,46)47)34-16-14-33(15-17-34)39-23-29-19-30(24-39)21-31(20-29)25-39/h5-17,29-31,36H,3-4,18-27H2,1-2H3,(H,41,45)/t29?,30?,31?,36-,39?/m1/s1. The van der Waals surface area contributed by atoms with E-state index in [0.29, 0.717) is 22.8 Å². The van der Waals surface area contributed by atoms with Gasteiger partial charge in [-0.2, -0.15) is 0 Å². The first kappa shape index (κ1) is 34.5. The minimum Gasteiger partial charge on any atom is -0.354 e. The van der Waals surface area contributed by atoms with E-state index in [1.165, 1.54) is 53.3 Å². The number of amides is 2. The van der Waals surface area contributed by atoms with Crippen molar-refractivity contribution in [1.82, 2.24) is 10.2 Å². The van der Waals surface area contributed by atoms with E-state index in [9.17, 15) is 18.0 Å². The van der Waals surface area contributed by atoms with Gasteiger partial charge in [0.2, 0.25) is 21.8 Å². The summed E-state index contributed by atoms with van der Waals surface area (Å²) < 4.78 is 27.8. The van der Waals surface area contributed by atoms with Crippen LogP contribution in [0.2, 0.25) is 5.02 Å². The van der Waals surface area contributed by atoms with Gasteiger partial charge < -0.3 is 10.2 Å². The molecule has 0 aliphatic heterocycles. The molecule has 3 aromatic rings. The van der Waals surface area contributed by atoms with Crippen LogP contribution in [-0.4, -0.2) is 50.5 Å². The number of halogens is 1. The van der Waals surface area contributed by atoms with Gasteiger partial charge in [0.1, 0.15) is 12.6 Å². The zero-order valence-electron chi connectivity index (χ0n) is 28.1. The van der Waals surface area contributed by atoms with E-state index in [2.05, 4.69) is 24.4 Å². The number of nitrogens with one attached hydrogen (secondary N) is 1. The number of benzene rings is 3. The lowest BCUT2D eigenvalue weighted by Gasteiger charge is -2.57. The molecule has 256 valence electrons. The van der Waals surface area contributed by atoms with Gasteiger partial charge in [-0.25, -0.2) is 8.42 Å². The Kier molecular flexibility index (Phi) is 10.5. The smallest absolute Gasteiger partial charge is 0.244 e. The molecule has 0 saturated heterocycles. The SMILES string of the molecule is CCCCNC(=O)[C@@H](Cc1ccccc1)N(Cc1ccccc1Cl)C(=O)CN(c1ccc(C23CC4CC(CC(C4)C2)C3)cc1)S(C)(=O)=O. The summed E-state index contributed by atoms with van der Waals surface area (Å²) in [4.78, 5) is 29.8. The second kappa shape index (κ2) is 14.6. The Labute approximate surface area is 291 Å². The highest BCUT2D eigenvalue weighted by atomic mass is 35.5. The maximum absolute atomic E-state index is 14.4. The number of hydrogen-bond acceptors (Lipinski definition) is 4. The zero-order chi connectivity index (χ0) is 33.9. The molecule has 7 rings (SSSR count). The molecule has 4 fully saturated rings. The van der Waals surface area contributed by atoms with Crippen LogP contribution >= 0.6 is 11.6 Å².